The first-order valence-corrected chi connectivity index (χ1v) is 8.39. The smallest absolute Gasteiger partial charge is 0.139 e. The summed E-state index contributed by atoms with van der Waals surface area (Å²) in [5, 5.41) is 0.526. The third kappa shape index (κ3) is 2.72. The second-order valence-electron chi connectivity index (χ2n) is 4.35. The fourth-order valence-electron chi connectivity index (χ4n) is 2.14. The van der Waals surface area contributed by atoms with Crippen LogP contribution in [0.5, 0.6) is 0 Å². The molecule has 0 amide bonds. The molecule has 0 aliphatic heterocycles. The van der Waals surface area contributed by atoms with E-state index in [0.29, 0.717) is 32.0 Å². The number of alkyl halides is 1. The molecule has 0 aliphatic carbocycles. The first kappa shape index (κ1) is 15.3. The minimum Gasteiger partial charge on any atom is -0.294 e. The molecule has 0 radical (unpaired) electrons. The van der Waals surface area contributed by atoms with Gasteiger partial charge in [0.15, 0.2) is 0 Å². The van der Waals surface area contributed by atoms with Crippen LogP contribution < -0.4 is 0 Å². The van der Waals surface area contributed by atoms with Crippen LogP contribution in [-0.2, 0) is 5.88 Å². The van der Waals surface area contributed by atoms with Crippen molar-refractivity contribution in [3.05, 3.63) is 55.9 Å². The number of aromatic nitrogens is 2. The molecule has 0 saturated heterocycles. The van der Waals surface area contributed by atoms with Gasteiger partial charge in [0.1, 0.15) is 11.6 Å². The summed E-state index contributed by atoms with van der Waals surface area (Å²) < 4.78 is 16.9. The molecule has 7 heteroatoms. The zero-order valence-corrected chi connectivity index (χ0v) is 15.1. The Kier molecular flexibility index (Phi) is 4.28. The number of rotatable bonds is 2. The van der Waals surface area contributed by atoms with Crippen molar-refractivity contribution in [2.75, 3.05) is 0 Å². The number of nitrogens with zero attached hydrogens (tertiary/aromatic N) is 2. The van der Waals surface area contributed by atoms with E-state index in [-0.39, 0.29) is 11.7 Å². The highest BCUT2D eigenvalue weighted by atomic mass is 79.9. The summed E-state index contributed by atoms with van der Waals surface area (Å²) in [6, 6.07) is 8.52. The van der Waals surface area contributed by atoms with Gasteiger partial charge in [-0.2, -0.15) is 0 Å². The van der Waals surface area contributed by atoms with Crippen molar-refractivity contribution >= 4 is 66.1 Å². The first-order chi connectivity index (χ1) is 10.0. The molecule has 2 aromatic carbocycles. The number of hydrogen-bond acceptors (Lipinski definition) is 1. The van der Waals surface area contributed by atoms with E-state index in [1.54, 1.807) is 16.7 Å². The van der Waals surface area contributed by atoms with Crippen LogP contribution in [0.2, 0.25) is 5.02 Å². The quantitative estimate of drug-likeness (QED) is 0.431. The van der Waals surface area contributed by atoms with Crippen molar-refractivity contribution in [3.8, 4) is 5.69 Å². The topological polar surface area (TPSA) is 17.8 Å². The highest BCUT2D eigenvalue weighted by molar-refractivity contribution is 9.10. The number of fused-ring (bicyclic) bond motifs is 1. The average Bonchev–Trinajstić information content (AvgIpc) is 2.77. The summed E-state index contributed by atoms with van der Waals surface area (Å²) in [4.78, 5) is 4.44. The first-order valence-electron chi connectivity index (χ1n) is 5.89. The zero-order valence-electron chi connectivity index (χ0n) is 10.4. The molecule has 0 unspecified atom stereocenters. The van der Waals surface area contributed by atoms with Crippen LogP contribution in [0, 0.1) is 5.82 Å². The van der Waals surface area contributed by atoms with Crippen molar-refractivity contribution in [1.29, 1.82) is 0 Å². The molecule has 0 fully saturated rings. The summed E-state index contributed by atoms with van der Waals surface area (Å²) in [5.41, 5.74) is 1.98. The molecule has 0 N–H and O–H groups in total. The van der Waals surface area contributed by atoms with E-state index in [9.17, 15) is 4.39 Å². The van der Waals surface area contributed by atoms with Gasteiger partial charge in [-0.1, -0.05) is 27.5 Å². The van der Waals surface area contributed by atoms with Gasteiger partial charge in [-0.05, 0) is 40.2 Å². The van der Waals surface area contributed by atoms with Crippen LogP contribution >= 0.6 is 55.1 Å². The molecule has 0 atom stereocenters. The Morgan fingerprint density at radius 2 is 1.95 bits per heavy atom. The zero-order chi connectivity index (χ0) is 15.1. The van der Waals surface area contributed by atoms with Gasteiger partial charge >= 0.3 is 0 Å². The molecule has 0 spiro atoms. The van der Waals surface area contributed by atoms with E-state index in [4.69, 9.17) is 23.2 Å². The second-order valence-corrected chi connectivity index (χ2v) is 6.79. The average molecular weight is 453 g/mol. The minimum atomic E-state index is -0.363. The maximum Gasteiger partial charge on any atom is 0.139 e. The van der Waals surface area contributed by atoms with Crippen molar-refractivity contribution in [3.63, 3.8) is 0 Å². The summed E-state index contributed by atoms with van der Waals surface area (Å²) in [6.07, 6.45) is 0. The molecule has 2 nitrogen and oxygen atoms in total. The van der Waals surface area contributed by atoms with Crippen LogP contribution in [0.4, 0.5) is 4.39 Å². The van der Waals surface area contributed by atoms with E-state index < -0.39 is 0 Å². The van der Waals surface area contributed by atoms with Crippen molar-refractivity contribution in [2.24, 2.45) is 0 Å². The summed E-state index contributed by atoms with van der Waals surface area (Å²) >= 11 is 18.8. The van der Waals surface area contributed by atoms with Crippen LogP contribution in [0.15, 0.2) is 39.3 Å². The molecular weight excluding hydrogens is 446 g/mol. The van der Waals surface area contributed by atoms with Crippen molar-refractivity contribution in [1.82, 2.24) is 9.55 Å². The maximum absolute atomic E-state index is 13.9. The van der Waals surface area contributed by atoms with Gasteiger partial charge in [0, 0.05) is 10.5 Å². The Hall–Kier alpha value is -0.620. The van der Waals surface area contributed by atoms with Crippen LogP contribution in [0.1, 0.15) is 5.82 Å². The van der Waals surface area contributed by atoms with E-state index in [1.165, 1.54) is 6.07 Å². The Balaban J connectivity index is 2.37. The van der Waals surface area contributed by atoms with Gasteiger partial charge in [-0.3, -0.25) is 4.57 Å². The van der Waals surface area contributed by atoms with Gasteiger partial charge in [-0.15, -0.1) is 11.6 Å². The van der Waals surface area contributed by atoms with Crippen molar-refractivity contribution in [2.45, 2.75) is 5.88 Å². The highest BCUT2D eigenvalue weighted by Gasteiger charge is 2.16. The Bertz CT molecular complexity index is 849. The fourth-order valence-corrected chi connectivity index (χ4v) is 3.41. The van der Waals surface area contributed by atoms with Gasteiger partial charge in [-0.25, -0.2) is 9.37 Å². The predicted octanol–water partition coefficient (Wildman–Crippen LogP) is 6.08. The minimum absolute atomic E-state index is 0.195. The van der Waals surface area contributed by atoms with Gasteiger partial charge in [0.25, 0.3) is 0 Å². The standard InChI is InChI=1S/C14H7Br2Cl2FN2/c15-7-1-2-12(9(18)3-7)21-13-5-10(19)8(16)4-11(13)20-14(21)6-17/h1-5H,6H2. The Morgan fingerprint density at radius 3 is 2.62 bits per heavy atom. The van der Waals surface area contributed by atoms with E-state index in [1.807, 2.05) is 12.1 Å². The largest absolute Gasteiger partial charge is 0.294 e. The molecule has 21 heavy (non-hydrogen) atoms. The number of imidazole rings is 1. The summed E-state index contributed by atoms with van der Waals surface area (Å²) in [7, 11) is 0. The second kappa shape index (κ2) is 5.88. The third-order valence-electron chi connectivity index (χ3n) is 3.04. The number of hydrogen-bond donors (Lipinski definition) is 0. The fraction of sp³-hybridized carbons (Fsp3) is 0.0714. The lowest BCUT2D eigenvalue weighted by Crippen LogP contribution is -2.00. The molecule has 0 bridgehead atoms. The number of benzene rings is 2. The Labute approximate surface area is 147 Å². The maximum atomic E-state index is 13.9. The van der Waals surface area contributed by atoms with Gasteiger partial charge < -0.3 is 0 Å². The van der Waals surface area contributed by atoms with E-state index in [2.05, 4.69) is 36.8 Å². The molecule has 1 aromatic heterocycles. The van der Waals surface area contributed by atoms with E-state index >= 15 is 0 Å². The molecule has 0 saturated carbocycles. The normalized spacial score (nSPS) is 11.3. The Morgan fingerprint density at radius 1 is 1.19 bits per heavy atom. The monoisotopic (exact) mass is 450 g/mol. The molecular formula is C14H7Br2Cl2FN2. The third-order valence-corrected chi connectivity index (χ3v) is 4.68. The lowest BCUT2D eigenvalue weighted by Gasteiger charge is -2.10. The highest BCUT2D eigenvalue weighted by Crippen LogP contribution is 2.31. The van der Waals surface area contributed by atoms with Crippen LogP contribution in [-0.4, -0.2) is 9.55 Å². The van der Waals surface area contributed by atoms with Crippen molar-refractivity contribution < 1.29 is 4.39 Å². The predicted molar refractivity (Wildman–Crippen MR) is 91.0 cm³/mol. The van der Waals surface area contributed by atoms with Crippen LogP contribution in [0.25, 0.3) is 16.7 Å². The summed E-state index contributed by atoms with van der Waals surface area (Å²) in [5.74, 6) is 0.437. The van der Waals surface area contributed by atoms with Crippen LogP contribution in [0.3, 0.4) is 0 Å². The molecule has 3 rings (SSSR count). The number of halogens is 5. The molecule has 0 aliphatic rings. The van der Waals surface area contributed by atoms with E-state index in [0.717, 1.165) is 4.47 Å². The molecule has 3 aromatic rings. The summed E-state index contributed by atoms with van der Waals surface area (Å²) in [6.45, 7) is 0. The molecule has 1 heterocycles. The van der Waals surface area contributed by atoms with Gasteiger partial charge in [0.2, 0.25) is 0 Å². The van der Waals surface area contributed by atoms with Gasteiger partial charge in [0.05, 0.1) is 32.1 Å². The molecule has 108 valence electrons. The lowest BCUT2D eigenvalue weighted by atomic mass is 10.2. The lowest BCUT2D eigenvalue weighted by molar-refractivity contribution is 0.622. The SMILES string of the molecule is Fc1cc2c(cc1Br)nc(CCl)n2-c1ccc(Br)cc1Cl.